The highest BCUT2D eigenvalue weighted by Crippen LogP contribution is 2.31. The topological polar surface area (TPSA) is 105 Å². The highest BCUT2D eigenvalue weighted by molar-refractivity contribution is 7.80. The van der Waals surface area contributed by atoms with Crippen molar-refractivity contribution >= 4 is 70.1 Å². The summed E-state index contributed by atoms with van der Waals surface area (Å²) in [7, 11) is 1.46. The van der Waals surface area contributed by atoms with Gasteiger partial charge in [-0.3, -0.25) is 19.8 Å². The van der Waals surface area contributed by atoms with Gasteiger partial charge in [-0.15, -0.1) is 0 Å². The highest BCUT2D eigenvalue weighted by Gasteiger charge is 2.34. The van der Waals surface area contributed by atoms with Gasteiger partial charge in [-0.1, -0.05) is 41.4 Å². The Kier molecular flexibility index (Phi) is 7.77. The van der Waals surface area contributed by atoms with Crippen LogP contribution >= 0.6 is 35.4 Å². The lowest BCUT2D eigenvalue weighted by molar-refractivity contribution is -0.122. The first-order valence-corrected chi connectivity index (χ1v) is 11.8. The van der Waals surface area contributed by atoms with Gasteiger partial charge in [0.1, 0.15) is 12.2 Å². The summed E-state index contributed by atoms with van der Waals surface area (Å²) >= 11 is 17.3. The predicted molar refractivity (Wildman–Crippen MR) is 143 cm³/mol. The number of thiocarbonyl (C=S) groups is 1. The lowest BCUT2D eigenvalue weighted by Gasteiger charge is -2.29. The van der Waals surface area contributed by atoms with Crippen molar-refractivity contribution in [3.05, 3.63) is 93.0 Å². The number of methoxy groups -OCH3 is 1. The molecule has 0 saturated carbocycles. The zero-order valence-corrected chi connectivity index (χ0v) is 21.5. The van der Waals surface area contributed by atoms with Crippen molar-refractivity contribution in [3.8, 4) is 11.5 Å². The van der Waals surface area contributed by atoms with Gasteiger partial charge < -0.3 is 14.6 Å². The van der Waals surface area contributed by atoms with Crippen molar-refractivity contribution in [2.24, 2.45) is 0 Å². The van der Waals surface area contributed by atoms with Crippen molar-refractivity contribution in [2.75, 3.05) is 12.0 Å². The number of rotatable bonds is 7. The summed E-state index contributed by atoms with van der Waals surface area (Å²) in [5, 5.41) is 12.6. The van der Waals surface area contributed by atoms with Crippen LogP contribution in [0.1, 0.15) is 21.5 Å². The summed E-state index contributed by atoms with van der Waals surface area (Å²) in [6.07, 6.45) is 1.38. The van der Waals surface area contributed by atoms with E-state index in [1.807, 2.05) is 0 Å². The van der Waals surface area contributed by atoms with E-state index in [2.05, 4.69) is 5.32 Å². The molecule has 0 bridgehead atoms. The lowest BCUT2D eigenvalue weighted by Crippen LogP contribution is -2.54. The third kappa shape index (κ3) is 5.75. The third-order valence-electron chi connectivity index (χ3n) is 5.35. The fourth-order valence-corrected chi connectivity index (χ4v) is 4.27. The maximum atomic E-state index is 13.3. The van der Waals surface area contributed by atoms with Crippen molar-refractivity contribution in [2.45, 2.75) is 6.61 Å². The molecule has 0 radical (unpaired) electrons. The molecule has 0 atom stereocenters. The van der Waals surface area contributed by atoms with E-state index in [9.17, 15) is 19.5 Å². The quantitative estimate of drug-likeness (QED) is 0.236. The smallest absolute Gasteiger partial charge is 0.335 e. The van der Waals surface area contributed by atoms with Gasteiger partial charge in [0, 0.05) is 15.6 Å². The Hall–Kier alpha value is -3.92. The maximum Gasteiger partial charge on any atom is 0.335 e. The first-order valence-electron chi connectivity index (χ1n) is 10.7. The first-order chi connectivity index (χ1) is 17.7. The van der Waals surface area contributed by atoms with Gasteiger partial charge in [-0.25, -0.2) is 4.79 Å². The van der Waals surface area contributed by atoms with Crippen LogP contribution in [0.25, 0.3) is 6.08 Å². The minimum absolute atomic E-state index is 0.0317. The van der Waals surface area contributed by atoms with Gasteiger partial charge in [0.25, 0.3) is 11.8 Å². The molecule has 3 aromatic rings. The first kappa shape index (κ1) is 26.2. The predicted octanol–water partition coefficient (Wildman–Crippen LogP) is 5.11. The average molecular weight is 557 g/mol. The molecule has 1 heterocycles. The largest absolute Gasteiger partial charge is 0.493 e. The molecule has 37 heavy (non-hydrogen) atoms. The van der Waals surface area contributed by atoms with Crippen LogP contribution in [0.2, 0.25) is 10.0 Å². The van der Waals surface area contributed by atoms with Crippen LogP contribution in [0.5, 0.6) is 11.5 Å². The Morgan fingerprint density at radius 3 is 2.57 bits per heavy atom. The summed E-state index contributed by atoms with van der Waals surface area (Å²) in [6, 6.07) is 15.7. The fourth-order valence-electron chi connectivity index (χ4n) is 3.52. The van der Waals surface area contributed by atoms with Crippen LogP contribution in [0.4, 0.5) is 5.69 Å². The summed E-state index contributed by atoms with van der Waals surface area (Å²) in [6.45, 7) is 0.162. The second-order valence-electron chi connectivity index (χ2n) is 7.75. The van der Waals surface area contributed by atoms with Gasteiger partial charge in [0.15, 0.2) is 16.6 Å². The molecule has 0 unspecified atom stereocenters. The van der Waals surface area contributed by atoms with Crippen LogP contribution in [0.15, 0.2) is 66.2 Å². The van der Waals surface area contributed by atoms with Crippen molar-refractivity contribution in [1.29, 1.82) is 0 Å². The van der Waals surface area contributed by atoms with Gasteiger partial charge in [0.05, 0.1) is 18.4 Å². The number of amides is 2. The van der Waals surface area contributed by atoms with Crippen LogP contribution in [-0.2, 0) is 16.2 Å². The Balaban J connectivity index is 1.60. The minimum Gasteiger partial charge on any atom is -0.493 e. The molecule has 0 aliphatic carbocycles. The maximum absolute atomic E-state index is 13.3. The van der Waals surface area contributed by atoms with Gasteiger partial charge >= 0.3 is 5.97 Å². The molecule has 2 N–H and O–H groups in total. The molecule has 2 amide bonds. The van der Waals surface area contributed by atoms with Crippen molar-refractivity contribution in [1.82, 2.24) is 5.32 Å². The summed E-state index contributed by atoms with van der Waals surface area (Å²) in [5.74, 6) is -1.76. The van der Waals surface area contributed by atoms with Crippen LogP contribution < -0.4 is 19.7 Å². The van der Waals surface area contributed by atoms with E-state index in [0.717, 1.165) is 10.5 Å². The second-order valence-corrected chi connectivity index (χ2v) is 8.98. The number of carboxylic acid groups (broad SMARTS) is 1. The lowest BCUT2D eigenvalue weighted by atomic mass is 10.1. The Morgan fingerprint density at radius 2 is 1.86 bits per heavy atom. The molecule has 3 aromatic carbocycles. The number of benzene rings is 3. The number of carboxylic acids is 1. The van der Waals surface area contributed by atoms with Crippen LogP contribution in [-0.4, -0.2) is 35.1 Å². The molecule has 11 heteroatoms. The number of nitrogens with zero attached hydrogens (tertiary/aromatic N) is 1. The van der Waals surface area contributed by atoms with E-state index in [0.29, 0.717) is 27.1 Å². The summed E-state index contributed by atoms with van der Waals surface area (Å²) < 4.78 is 11.3. The molecule has 188 valence electrons. The van der Waals surface area contributed by atoms with E-state index in [-0.39, 0.29) is 28.5 Å². The molecule has 1 saturated heterocycles. The SMILES string of the molecule is COc1cc(C=C2C(=O)NC(=S)N(c3cccc(C(=O)O)c3)C2=O)ccc1OCc1ccc(Cl)cc1Cl. The van der Waals surface area contributed by atoms with Crippen molar-refractivity contribution in [3.63, 3.8) is 0 Å². The highest BCUT2D eigenvalue weighted by atomic mass is 35.5. The van der Waals surface area contributed by atoms with Crippen molar-refractivity contribution < 1.29 is 29.0 Å². The zero-order valence-electron chi connectivity index (χ0n) is 19.2. The van der Waals surface area contributed by atoms with E-state index in [4.69, 9.17) is 44.9 Å². The van der Waals surface area contributed by atoms with E-state index in [1.165, 1.54) is 37.5 Å². The average Bonchev–Trinajstić information content (AvgIpc) is 2.86. The van der Waals surface area contributed by atoms with Crippen LogP contribution in [0, 0.1) is 0 Å². The molecule has 0 spiro atoms. The molecule has 0 aromatic heterocycles. The van der Waals surface area contributed by atoms with E-state index in [1.54, 1.807) is 36.4 Å². The molecular weight excluding hydrogens is 539 g/mol. The van der Waals surface area contributed by atoms with Gasteiger partial charge in [-0.05, 0) is 66.3 Å². The van der Waals surface area contributed by atoms with Gasteiger partial charge in [0.2, 0.25) is 0 Å². The summed E-state index contributed by atoms with van der Waals surface area (Å²) in [5.41, 5.74) is 1.20. The monoisotopic (exact) mass is 556 g/mol. The number of halogens is 2. The molecule has 1 fully saturated rings. The number of carbonyl (C=O) groups is 3. The molecule has 1 aliphatic heterocycles. The molecular formula is C26H18Cl2N2O6S. The Bertz CT molecular complexity index is 1470. The number of hydrogen-bond acceptors (Lipinski definition) is 6. The normalized spacial score (nSPS) is 14.5. The number of carbonyl (C=O) groups excluding carboxylic acids is 2. The number of hydrogen-bond donors (Lipinski definition) is 2. The minimum atomic E-state index is -1.16. The van der Waals surface area contributed by atoms with Crippen LogP contribution in [0.3, 0.4) is 0 Å². The third-order valence-corrected chi connectivity index (χ3v) is 6.22. The second kappa shape index (κ2) is 11.0. The van der Waals surface area contributed by atoms with E-state index < -0.39 is 17.8 Å². The fraction of sp³-hybridized carbons (Fsp3) is 0.0769. The Labute approximate surface area is 227 Å². The molecule has 8 nitrogen and oxygen atoms in total. The van der Waals surface area contributed by atoms with E-state index >= 15 is 0 Å². The number of aromatic carboxylic acids is 1. The summed E-state index contributed by atoms with van der Waals surface area (Å²) in [4.78, 5) is 38.3. The Morgan fingerprint density at radius 1 is 1.08 bits per heavy atom. The standard InChI is InChI=1S/C26H18Cl2N2O6S/c1-35-22-10-14(5-8-21(22)36-13-16-6-7-17(27)12-20(16)28)9-19-23(31)29-26(37)30(24(19)32)18-4-2-3-15(11-18)25(33)34/h2-12H,13H2,1H3,(H,33,34)(H,29,31,37). The number of anilines is 1. The van der Waals surface area contributed by atoms with Gasteiger partial charge in [-0.2, -0.15) is 0 Å². The molecule has 4 rings (SSSR count). The molecule has 1 aliphatic rings. The number of ether oxygens (including phenoxy) is 2. The zero-order chi connectivity index (χ0) is 26.7. The number of nitrogens with one attached hydrogen (secondary N) is 1.